The molecule has 1 saturated heterocycles. The van der Waals surface area contributed by atoms with Gasteiger partial charge in [0.1, 0.15) is 0 Å². The van der Waals surface area contributed by atoms with Crippen LogP contribution in [-0.2, 0) is 6.54 Å². The summed E-state index contributed by atoms with van der Waals surface area (Å²) in [5, 5.41) is 0. The van der Waals surface area contributed by atoms with Crippen LogP contribution < -0.4 is 9.47 Å². The van der Waals surface area contributed by atoms with E-state index in [-0.39, 0.29) is 0 Å². The van der Waals surface area contributed by atoms with Crippen molar-refractivity contribution in [2.75, 3.05) is 20.8 Å². The summed E-state index contributed by atoms with van der Waals surface area (Å²) < 4.78 is 10.8. The number of nitrogens with zero attached hydrogens (tertiary/aromatic N) is 2. The first-order valence-electron chi connectivity index (χ1n) is 7.66. The first kappa shape index (κ1) is 14.9. The highest BCUT2D eigenvalue weighted by molar-refractivity contribution is 5.44. The molecule has 1 aliphatic rings. The minimum absolute atomic E-state index is 0.438. The molecule has 2 aromatic rings. The molecule has 1 atom stereocenters. The van der Waals surface area contributed by atoms with E-state index in [9.17, 15) is 0 Å². The van der Waals surface area contributed by atoms with Crippen LogP contribution in [0.4, 0.5) is 0 Å². The van der Waals surface area contributed by atoms with Gasteiger partial charge < -0.3 is 9.47 Å². The Morgan fingerprint density at radius 2 is 1.86 bits per heavy atom. The summed E-state index contributed by atoms with van der Waals surface area (Å²) in [6.45, 7) is 2.09. The Hall–Kier alpha value is -2.07. The quantitative estimate of drug-likeness (QED) is 0.847. The van der Waals surface area contributed by atoms with Crippen LogP contribution in [0.5, 0.6) is 11.5 Å². The molecule has 1 aromatic heterocycles. The van der Waals surface area contributed by atoms with Gasteiger partial charge in [0.15, 0.2) is 11.5 Å². The normalized spacial score (nSPS) is 18.4. The number of hydrogen-bond donors (Lipinski definition) is 0. The Morgan fingerprint density at radius 1 is 1.09 bits per heavy atom. The van der Waals surface area contributed by atoms with Crippen molar-refractivity contribution in [3.05, 3.63) is 53.9 Å². The molecule has 0 saturated carbocycles. The van der Waals surface area contributed by atoms with Gasteiger partial charge >= 0.3 is 0 Å². The predicted molar refractivity (Wildman–Crippen MR) is 86.2 cm³/mol. The average Bonchev–Trinajstić information content (AvgIpc) is 3.03. The molecule has 1 unspecified atom stereocenters. The van der Waals surface area contributed by atoms with Crippen LogP contribution in [0.2, 0.25) is 0 Å². The number of aromatic nitrogens is 1. The molecule has 116 valence electrons. The van der Waals surface area contributed by atoms with Crippen molar-refractivity contribution in [3.8, 4) is 11.5 Å². The van der Waals surface area contributed by atoms with Gasteiger partial charge in [-0.15, -0.1) is 0 Å². The molecule has 0 spiro atoms. The van der Waals surface area contributed by atoms with Crippen molar-refractivity contribution in [2.45, 2.75) is 25.4 Å². The van der Waals surface area contributed by atoms with E-state index in [1.165, 1.54) is 24.0 Å². The molecule has 1 aliphatic heterocycles. The smallest absolute Gasteiger partial charge is 0.161 e. The Morgan fingerprint density at radius 3 is 2.59 bits per heavy atom. The zero-order valence-electron chi connectivity index (χ0n) is 13.2. The Labute approximate surface area is 131 Å². The van der Waals surface area contributed by atoms with E-state index in [0.717, 1.165) is 24.6 Å². The van der Waals surface area contributed by atoms with Gasteiger partial charge in [0.2, 0.25) is 0 Å². The van der Waals surface area contributed by atoms with Crippen LogP contribution in [0.15, 0.2) is 42.7 Å². The first-order chi connectivity index (χ1) is 10.8. The fourth-order valence-corrected chi connectivity index (χ4v) is 3.18. The Balaban J connectivity index is 1.81. The SMILES string of the molecule is COc1ccc(C2CCCN2Cc2ccncc2)cc1OC. The molecule has 2 heterocycles. The third kappa shape index (κ3) is 3.07. The molecule has 1 aromatic carbocycles. The minimum atomic E-state index is 0.438. The molecular formula is C18H22N2O2. The Kier molecular flexibility index (Phi) is 4.59. The van der Waals surface area contributed by atoms with Gasteiger partial charge in [0.05, 0.1) is 14.2 Å². The monoisotopic (exact) mass is 298 g/mol. The van der Waals surface area contributed by atoms with Crippen molar-refractivity contribution in [2.24, 2.45) is 0 Å². The standard InChI is InChI=1S/C18H22N2O2/c1-21-17-6-5-15(12-18(17)22-2)16-4-3-11-20(16)13-14-7-9-19-10-8-14/h5-10,12,16H,3-4,11,13H2,1-2H3. The largest absolute Gasteiger partial charge is 0.493 e. The highest BCUT2D eigenvalue weighted by atomic mass is 16.5. The van der Waals surface area contributed by atoms with Crippen LogP contribution >= 0.6 is 0 Å². The van der Waals surface area contributed by atoms with Crippen molar-refractivity contribution < 1.29 is 9.47 Å². The average molecular weight is 298 g/mol. The lowest BCUT2D eigenvalue weighted by Gasteiger charge is -2.25. The molecular weight excluding hydrogens is 276 g/mol. The van der Waals surface area contributed by atoms with Gasteiger partial charge in [0, 0.05) is 25.0 Å². The molecule has 0 aliphatic carbocycles. The lowest BCUT2D eigenvalue weighted by molar-refractivity contribution is 0.247. The van der Waals surface area contributed by atoms with E-state index in [2.05, 4.69) is 34.1 Å². The van der Waals surface area contributed by atoms with Crippen molar-refractivity contribution in [1.29, 1.82) is 0 Å². The highest BCUT2D eigenvalue weighted by Crippen LogP contribution is 2.37. The zero-order valence-corrected chi connectivity index (χ0v) is 13.2. The van der Waals surface area contributed by atoms with E-state index in [1.807, 2.05) is 18.5 Å². The van der Waals surface area contributed by atoms with E-state index < -0.39 is 0 Å². The molecule has 1 fully saturated rings. The van der Waals surface area contributed by atoms with Gasteiger partial charge in [0.25, 0.3) is 0 Å². The minimum Gasteiger partial charge on any atom is -0.493 e. The lowest BCUT2D eigenvalue weighted by Crippen LogP contribution is -2.22. The van der Waals surface area contributed by atoms with Gasteiger partial charge in [-0.1, -0.05) is 6.07 Å². The molecule has 0 bridgehead atoms. The number of rotatable bonds is 5. The summed E-state index contributed by atoms with van der Waals surface area (Å²) >= 11 is 0. The van der Waals surface area contributed by atoms with Gasteiger partial charge in [-0.25, -0.2) is 0 Å². The van der Waals surface area contributed by atoms with E-state index >= 15 is 0 Å². The third-order valence-electron chi connectivity index (χ3n) is 4.29. The van der Waals surface area contributed by atoms with Crippen LogP contribution in [0.25, 0.3) is 0 Å². The van der Waals surface area contributed by atoms with Gasteiger partial charge in [-0.3, -0.25) is 9.88 Å². The topological polar surface area (TPSA) is 34.6 Å². The number of pyridine rings is 1. The van der Waals surface area contributed by atoms with Gasteiger partial charge in [-0.05, 0) is 54.8 Å². The second kappa shape index (κ2) is 6.79. The maximum atomic E-state index is 5.44. The molecule has 3 rings (SSSR count). The van der Waals surface area contributed by atoms with Crippen molar-refractivity contribution >= 4 is 0 Å². The van der Waals surface area contributed by atoms with E-state index in [1.54, 1.807) is 14.2 Å². The number of hydrogen-bond acceptors (Lipinski definition) is 4. The number of methoxy groups -OCH3 is 2. The molecule has 4 heteroatoms. The summed E-state index contributed by atoms with van der Waals surface area (Å²) in [4.78, 5) is 6.61. The van der Waals surface area contributed by atoms with E-state index in [4.69, 9.17) is 9.47 Å². The van der Waals surface area contributed by atoms with Crippen LogP contribution in [0, 0.1) is 0 Å². The summed E-state index contributed by atoms with van der Waals surface area (Å²) in [6, 6.07) is 10.9. The van der Waals surface area contributed by atoms with Crippen molar-refractivity contribution in [3.63, 3.8) is 0 Å². The first-order valence-corrected chi connectivity index (χ1v) is 7.66. The summed E-state index contributed by atoms with van der Waals surface area (Å²) in [6.07, 6.45) is 6.12. The fourth-order valence-electron chi connectivity index (χ4n) is 3.18. The van der Waals surface area contributed by atoms with E-state index in [0.29, 0.717) is 6.04 Å². The summed E-state index contributed by atoms with van der Waals surface area (Å²) in [5.74, 6) is 1.58. The zero-order chi connectivity index (χ0) is 15.4. The number of ether oxygens (including phenoxy) is 2. The van der Waals surface area contributed by atoms with Crippen LogP contribution in [0.3, 0.4) is 0 Å². The summed E-state index contributed by atoms with van der Waals surface area (Å²) in [5.41, 5.74) is 2.60. The Bertz CT molecular complexity index is 616. The number of likely N-dealkylation sites (tertiary alicyclic amines) is 1. The molecule has 4 nitrogen and oxygen atoms in total. The molecule has 0 radical (unpaired) electrons. The van der Waals surface area contributed by atoms with Crippen LogP contribution in [0.1, 0.15) is 30.0 Å². The predicted octanol–water partition coefficient (Wildman–Crippen LogP) is 3.44. The lowest BCUT2D eigenvalue weighted by atomic mass is 10.0. The molecule has 22 heavy (non-hydrogen) atoms. The molecule has 0 amide bonds. The van der Waals surface area contributed by atoms with Gasteiger partial charge in [-0.2, -0.15) is 0 Å². The van der Waals surface area contributed by atoms with Crippen LogP contribution in [-0.4, -0.2) is 30.6 Å². The second-order valence-electron chi connectivity index (χ2n) is 5.60. The maximum absolute atomic E-state index is 5.44. The third-order valence-corrected chi connectivity index (χ3v) is 4.29. The molecule has 0 N–H and O–H groups in total. The second-order valence-corrected chi connectivity index (χ2v) is 5.60. The highest BCUT2D eigenvalue weighted by Gasteiger charge is 2.26. The number of benzene rings is 1. The fraction of sp³-hybridized carbons (Fsp3) is 0.389. The summed E-state index contributed by atoms with van der Waals surface area (Å²) in [7, 11) is 3.36. The maximum Gasteiger partial charge on any atom is 0.161 e. The van der Waals surface area contributed by atoms with Crippen molar-refractivity contribution in [1.82, 2.24) is 9.88 Å².